The van der Waals surface area contributed by atoms with Gasteiger partial charge in [-0.25, -0.2) is 0 Å². The van der Waals surface area contributed by atoms with Crippen LogP contribution in [-0.2, 0) is 13.6 Å². The molecule has 1 fully saturated rings. The fourth-order valence-corrected chi connectivity index (χ4v) is 3.50. The second-order valence-corrected chi connectivity index (χ2v) is 6.62. The van der Waals surface area contributed by atoms with E-state index in [0.29, 0.717) is 0 Å². The molecule has 2 heterocycles. The van der Waals surface area contributed by atoms with Crippen molar-refractivity contribution in [2.75, 3.05) is 5.75 Å². The smallest absolute Gasteiger partial charge is 0.157 e. The van der Waals surface area contributed by atoms with E-state index in [4.69, 9.17) is 4.99 Å². The highest BCUT2D eigenvalue weighted by Crippen LogP contribution is 2.25. The Morgan fingerprint density at radius 2 is 2.21 bits per heavy atom. The van der Waals surface area contributed by atoms with E-state index in [1.165, 1.54) is 17.7 Å². The van der Waals surface area contributed by atoms with Gasteiger partial charge in [0.1, 0.15) is 0 Å². The highest BCUT2D eigenvalue weighted by molar-refractivity contribution is 8.13. The van der Waals surface area contributed by atoms with Crippen LogP contribution >= 0.6 is 11.8 Å². The third-order valence-corrected chi connectivity index (χ3v) is 5.03. The van der Waals surface area contributed by atoms with Gasteiger partial charge in [-0.3, -0.25) is 9.67 Å². The fraction of sp³-hybridized carbons (Fsp3) is 0.714. The van der Waals surface area contributed by atoms with Crippen molar-refractivity contribution < 1.29 is 0 Å². The quantitative estimate of drug-likeness (QED) is 0.926. The number of amidine groups is 1. The lowest BCUT2D eigenvalue weighted by Gasteiger charge is -2.35. The van der Waals surface area contributed by atoms with Crippen LogP contribution in [0.3, 0.4) is 0 Å². The average molecular weight is 280 g/mol. The lowest BCUT2D eigenvalue weighted by Crippen LogP contribution is -2.48. The Labute approximate surface area is 120 Å². The van der Waals surface area contributed by atoms with E-state index < -0.39 is 0 Å². The van der Waals surface area contributed by atoms with Crippen LogP contribution in [-0.4, -0.2) is 26.2 Å². The number of hydrogen-bond donors (Lipinski definition) is 1. The highest BCUT2D eigenvalue weighted by atomic mass is 32.2. The van der Waals surface area contributed by atoms with Crippen LogP contribution in [0.4, 0.5) is 0 Å². The summed E-state index contributed by atoms with van der Waals surface area (Å²) >= 11 is 1.83. The number of rotatable bonds is 3. The first-order chi connectivity index (χ1) is 8.95. The normalized spacial score (nSPS) is 25.6. The summed E-state index contributed by atoms with van der Waals surface area (Å²) in [6.07, 6.45) is 2.34. The number of aryl methyl sites for hydroxylation is 2. The summed E-state index contributed by atoms with van der Waals surface area (Å²) in [6.45, 7) is 9.40. The summed E-state index contributed by atoms with van der Waals surface area (Å²) in [6, 6.07) is 0. The standard InChI is InChI=1S/C14H24N4S/c1-6-14(4)7-8-19-13(16-14)15-9-12-10(2)17-18(5)11(12)3/h6-9H2,1-5H3,(H,15,16). The summed E-state index contributed by atoms with van der Waals surface area (Å²) in [5.74, 6) is 1.15. The topological polar surface area (TPSA) is 42.2 Å². The number of thioether (sulfide) groups is 1. The Balaban J connectivity index is 2.10. The van der Waals surface area contributed by atoms with Gasteiger partial charge in [0.2, 0.25) is 0 Å². The predicted octanol–water partition coefficient (Wildman–Crippen LogP) is 2.79. The van der Waals surface area contributed by atoms with Gasteiger partial charge in [-0.2, -0.15) is 5.10 Å². The third kappa shape index (κ3) is 3.14. The highest BCUT2D eigenvalue weighted by Gasteiger charge is 2.27. The first kappa shape index (κ1) is 14.4. The van der Waals surface area contributed by atoms with Crippen molar-refractivity contribution in [1.82, 2.24) is 15.1 Å². The maximum Gasteiger partial charge on any atom is 0.157 e. The van der Waals surface area contributed by atoms with Crippen molar-refractivity contribution >= 4 is 16.9 Å². The molecule has 0 saturated carbocycles. The molecule has 1 aromatic heterocycles. The molecule has 5 heteroatoms. The second-order valence-electron chi connectivity index (χ2n) is 5.53. The molecular weight excluding hydrogens is 256 g/mol. The van der Waals surface area contributed by atoms with Gasteiger partial charge >= 0.3 is 0 Å². The molecule has 0 aliphatic carbocycles. The van der Waals surface area contributed by atoms with Gasteiger partial charge in [-0.1, -0.05) is 18.7 Å². The zero-order valence-electron chi connectivity index (χ0n) is 12.6. The second kappa shape index (κ2) is 5.57. The van der Waals surface area contributed by atoms with Crippen molar-refractivity contribution in [3.63, 3.8) is 0 Å². The van der Waals surface area contributed by atoms with Crippen LogP contribution in [0.1, 0.15) is 43.6 Å². The summed E-state index contributed by atoms with van der Waals surface area (Å²) in [5, 5.41) is 9.10. The number of aromatic nitrogens is 2. The number of hydrogen-bond acceptors (Lipinski definition) is 3. The predicted molar refractivity (Wildman–Crippen MR) is 82.7 cm³/mol. The van der Waals surface area contributed by atoms with Crippen molar-refractivity contribution in [3.8, 4) is 0 Å². The Morgan fingerprint density at radius 3 is 2.79 bits per heavy atom. The summed E-state index contributed by atoms with van der Waals surface area (Å²) in [7, 11) is 1.99. The molecule has 0 bridgehead atoms. The van der Waals surface area contributed by atoms with Gasteiger partial charge in [0.05, 0.1) is 12.2 Å². The molecule has 1 aliphatic rings. The van der Waals surface area contributed by atoms with Gasteiger partial charge < -0.3 is 5.32 Å². The van der Waals surface area contributed by atoms with Crippen molar-refractivity contribution in [3.05, 3.63) is 17.0 Å². The van der Waals surface area contributed by atoms with Gasteiger partial charge in [0.15, 0.2) is 5.17 Å². The molecule has 19 heavy (non-hydrogen) atoms. The lowest BCUT2D eigenvalue weighted by molar-refractivity contribution is 0.390. The van der Waals surface area contributed by atoms with E-state index in [9.17, 15) is 0 Å². The zero-order valence-corrected chi connectivity index (χ0v) is 13.4. The molecule has 0 aromatic carbocycles. The van der Waals surface area contributed by atoms with E-state index in [0.717, 1.165) is 29.6 Å². The van der Waals surface area contributed by atoms with E-state index in [1.807, 2.05) is 23.5 Å². The molecule has 0 amide bonds. The largest absolute Gasteiger partial charge is 0.360 e. The first-order valence-corrected chi connectivity index (χ1v) is 7.88. The average Bonchev–Trinajstić information content (AvgIpc) is 2.62. The molecule has 1 aliphatic heterocycles. The van der Waals surface area contributed by atoms with Gasteiger partial charge in [-0.15, -0.1) is 0 Å². The molecule has 1 aromatic rings. The molecule has 1 saturated heterocycles. The van der Waals surface area contributed by atoms with E-state index in [1.54, 1.807) is 0 Å². The number of nitrogens with one attached hydrogen (secondary N) is 1. The lowest BCUT2D eigenvalue weighted by atomic mass is 9.96. The molecule has 1 N–H and O–H groups in total. The molecule has 106 valence electrons. The Bertz CT molecular complexity index is 492. The Kier molecular flexibility index (Phi) is 4.23. The minimum Gasteiger partial charge on any atom is -0.360 e. The fourth-order valence-electron chi connectivity index (χ4n) is 2.28. The third-order valence-electron chi connectivity index (χ3n) is 4.12. The van der Waals surface area contributed by atoms with Crippen molar-refractivity contribution in [1.29, 1.82) is 0 Å². The van der Waals surface area contributed by atoms with Crippen LogP contribution in [0.2, 0.25) is 0 Å². The monoisotopic (exact) mass is 280 g/mol. The van der Waals surface area contributed by atoms with E-state index in [-0.39, 0.29) is 5.54 Å². The summed E-state index contributed by atoms with van der Waals surface area (Å²) in [5.41, 5.74) is 3.76. The number of nitrogens with zero attached hydrogens (tertiary/aromatic N) is 3. The first-order valence-electron chi connectivity index (χ1n) is 6.89. The van der Waals surface area contributed by atoms with Gasteiger partial charge in [0.25, 0.3) is 0 Å². The van der Waals surface area contributed by atoms with Crippen LogP contribution in [0.25, 0.3) is 0 Å². The SMILES string of the molecule is CCC1(C)CCSC(=NCc2c(C)nn(C)c2C)N1. The molecular formula is C14H24N4S. The maximum atomic E-state index is 4.75. The van der Waals surface area contributed by atoms with Crippen LogP contribution in [0, 0.1) is 13.8 Å². The zero-order chi connectivity index (χ0) is 14.0. The molecule has 1 atom stereocenters. The molecule has 2 rings (SSSR count). The molecule has 1 unspecified atom stereocenters. The number of aliphatic imine (C=N–C) groups is 1. The van der Waals surface area contributed by atoms with Crippen molar-refractivity contribution in [2.24, 2.45) is 12.0 Å². The minimum atomic E-state index is 0.211. The van der Waals surface area contributed by atoms with Crippen molar-refractivity contribution in [2.45, 2.75) is 52.6 Å². The van der Waals surface area contributed by atoms with Gasteiger partial charge in [-0.05, 0) is 33.6 Å². The van der Waals surface area contributed by atoms with Gasteiger partial charge in [0, 0.05) is 29.6 Å². The van der Waals surface area contributed by atoms with Crippen LogP contribution in [0.15, 0.2) is 4.99 Å². The summed E-state index contributed by atoms with van der Waals surface area (Å²) < 4.78 is 1.93. The molecule has 0 spiro atoms. The van der Waals surface area contributed by atoms with E-state index in [2.05, 4.69) is 38.1 Å². The minimum absolute atomic E-state index is 0.211. The Morgan fingerprint density at radius 1 is 1.47 bits per heavy atom. The summed E-state index contributed by atoms with van der Waals surface area (Å²) in [4.78, 5) is 4.75. The van der Waals surface area contributed by atoms with E-state index >= 15 is 0 Å². The maximum absolute atomic E-state index is 4.75. The molecule has 0 radical (unpaired) electrons. The molecule has 4 nitrogen and oxygen atoms in total. The van der Waals surface area contributed by atoms with Crippen LogP contribution < -0.4 is 5.32 Å². The van der Waals surface area contributed by atoms with Crippen LogP contribution in [0.5, 0.6) is 0 Å². The Hall–Kier alpha value is -0.970.